The van der Waals surface area contributed by atoms with E-state index < -0.39 is 0 Å². The summed E-state index contributed by atoms with van der Waals surface area (Å²) in [5, 5.41) is 2.89. The smallest absolute Gasteiger partial charge is 0.219 e. The van der Waals surface area contributed by atoms with E-state index in [0.29, 0.717) is 13.0 Å². The van der Waals surface area contributed by atoms with Crippen molar-refractivity contribution in [1.29, 1.82) is 0 Å². The summed E-state index contributed by atoms with van der Waals surface area (Å²) in [5.74, 6) is 0.173. The van der Waals surface area contributed by atoms with Crippen LogP contribution in [0.25, 0.3) is 0 Å². The standard InChI is InChI=1S/C12H26N2O/c1-3-4-5-6-7-8-12(15)14-10-9-11(2)13/h11H,3-10,13H2,1-2H3,(H,14,15). The van der Waals surface area contributed by atoms with Crippen LogP contribution in [0, 0.1) is 0 Å². The molecule has 15 heavy (non-hydrogen) atoms. The molecule has 0 heterocycles. The van der Waals surface area contributed by atoms with Crippen LogP contribution in [0.15, 0.2) is 0 Å². The Morgan fingerprint density at radius 1 is 1.27 bits per heavy atom. The van der Waals surface area contributed by atoms with Gasteiger partial charge in [0.15, 0.2) is 0 Å². The highest BCUT2D eigenvalue weighted by Crippen LogP contribution is 2.04. The number of unbranched alkanes of at least 4 members (excludes halogenated alkanes) is 4. The van der Waals surface area contributed by atoms with Crippen LogP contribution < -0.4 is 11.1 Å². The molecular formula is C12H26N2O. The minimum absolute atomic E-state index is 0.173. The molecule has 1 atom stereocenters. The Morgan fingerprint density at radius 2 is 1.93 bits per heavy atom. The van der Waals surface area contributed by atoms with Crippen molar-refractivity contribution in [2.45, 2.75) is 64.8 Å². The highest BCUT2D eigenvalue weighted by atomic mass is 16.1. The van der Waals surface area contributed by atoms with Crippen LogP contribution in [0.3, 0.4) is 0 Å². The molecule has 0 fully saturated rings. The van der Waals surface area contributed by atoms with Gasteiger partial charge in [-0.2, -0.15) is 0 Å². The Hall–Kier alpha value is -0.570. The van der Waals surface area contributed by atoms with Gasteiger partial charge in [-0.1, -0.05) is 32.6 Å². The second kappa shape index (κ2) is 9.97. The lowest BCUT2D eigenvalue weighted by molar-refractivity contribution is -0.121. The van der Waals surface area contributed by atoms with E-state index in [9.17, 15) is 4.79 Å². The Balaban J connectivity index is 3.19. The number of hydrogen-bond donors (Lipinski definition) is 2. The van der Waals surface area contributed by atoms with E-state index >= 15 is 0 Å². The maximum absolute atomic E-state index is 11.3. The van der Waals surface area contributed by atoms with Crippen LogP contribution in [0.5, 0.6) is 0 Å². The topological polar surface area (TPSA) is 55.1 Å². The molecule has 0 aromatic carbocycles. The van der Waals surface area contributed by atoms with Gasteiger partial charge in [-0.3, -0.25) is 4.79 Å². The van der Waals surface area contributed by atoms with Crippen LogP contribution in [0.4, 0.5) is 0 Å². The second-order valence-corrected chi connectivity index (χ2v) is 4.28. The number of rotatable bonds is 9. The minimum atomic E-state index is 0.173. The molecule has 3 nitrogen and oxygen atoms in total. The Bertz CT molecular complexity index is 158. The second-order valence-electron chi connectivity index (χ2n) is 4.28. The average Bonchev–Trinajstić information content (AvgIpc) is 2.17. The summed E-state index contributed by atoms with van der Waals surface area (Å²) in [6, 6.07) is 0.176. The van der Waals surface area contributed by atoms with Gasteiger partial charge in [0, 0.05) is 19.0 Å². The summed E-state index contributed by atoms with van der Waals surface area (Å²) in [5.41, 5.74) is 5.58. The van der Waals surface area contributed by atoms with Crippen molar-refractivity contribution in [1.82, 2.24) is 5.32 Å². The monoisotopic (exact) mass is 214 g/mol. The van der Waals surface area contributed by atoms with E-state index in [0.717, 1.165) is 12.8 Å². The number of nitrogens with one attached hydrogen (secondary N) is 1. The normalized spacial score (nSPS) is 12.5. The van der Waals surface area contributed by atoms with Crippen molar-refractivity contribution >= 4 is 5.91 Å². The van der Waals surface area contributed by atoms with Gasteiger partial charge in [-0.15, -0.1) is 0 Å². The minimum Gasteiger partial charge on any atom is -0.356 e. The lowest BCUT2D eigenvalue weighted by Gasteiger charge is -2.07. The zero-order chi connectivity index (χ0) is 11.5. The molecule has 0 aliphatic rings. The molecule has 0 aliphatic heterocycles. The van der Waals surface area contributed by atoms with Crippen molar-refractivity contribution in [3.63, 3.8) is 0 Å². The van der Waals surface area contributed by atoms with Gasteiger partial charge in [-0.05, 0) is 19.8 Å². The van der Waals surface area contributed by atoms with Gasteiger partial charge >= 0.3 is 0 Å². The number of hydrogen-bond acceptors (Lipinski definition) is 2. The van der Waals surface area contributed by atoms with Crippen molar-refractivity contribution in [3.05, 3.63) is 0 Å². The lowest BCUT2D eigenvalue weighted by Crippen LogP contribution is -2.28. The van der Waals surface area contributed by atoms with Crippen molar-refractivity contribution in [2.24, 2.45) is 5.73 Å². The lowest BCUT2D eigenvalue weighted by atomic mass is 10.1. The third-order valence-corrected chi connectivity index (χ3v) is 2.43. The zero-order valence-corrected chi connectivity index (χ0v) is 10.2. The SMILES string of the molecule is CCCCCCCC(=O)NCCC(C)N. The predicted octanol–water partition coefficient (Wildman–Crippen LogP) is 2.20. The number of carbonyl (C=O) groups excluding carboxylic acids is 1. The summed E-state index contributed by atoms with van der Waals surface area (Å²) in [7, 11) is 0. The van der Waals surface area contributed by atoms with Crippen LogP contribution in [-0.4, -0.2) is 18.5 Å². The number of carbonyl (C=O) groups is 1. The highest BCUT2D eigenvalue weighted by molar-refractivity contribution is 5.75. The van der Waals surface area contributed by atoms with E-state index in [1.54, 1.807) is 0 Å². The fourth-order valence-electron chi connectivity index (χ4n) is 1.42. The quantitative estimate of drug-likeness (QED) is 0.578. The summed E-state index contributed by atoms with van der Waals surface area (Å²) >= 11 is 0. The summed E-state index contributed by atoms with van der Waals surface area (Å²) in [6.07, 6.45) is 7.51. The predicted molar refractivity (Wildman–Crippen MR) is 64.7 cm³/mol. The van der Waals surface area contributed by atoms with Crippen molar-refractivity contribution in [2.75, 3.05) is 6.54 Å². The van der Waals surface area contributed by atoms with Gasteiger partial charge in [0.2, 0.25) is 5.91 Å². The molecule has 0 saturated heterocycles. The van der Waals surface area contributed by atoms with Crippen LogP contribution in [-0.2, 0) is 4.79 Å². The molecule has 0 saturated carbocycles. The van der Waals surface area contributed by atoms with E-state index in [4.69, 9.17) is 5.73 Å². The first-order valence-electron chi connectivity index (χ1n) is 6.19. The molecule has 0 aromatic rings. The molecule has 0 spiro atoms. The molecule has 0 bridgehead atoms. The van der Waals surface area contributed by atoms with Crippen LogP contribution >= 0.6 is 0 Å². The van der Waals surface area contributed by atoms with Crippen LogP contribution in [0.2, 0.25) is 0 Å². The molecule has 0 radical (unpaired) electrons. The van der Waals surface area contributed by atoms with Gasteiger partial charge in [0.05, 0.1) is 0 Å². The molecule has 1 unspecified atom stereocenters. The molecule has 3 N–H and O–H groups in total. The van der Waals surface area contributed by atoms with Crippen molar-refractivity contribution < 1.29 is 4.79 Å². The first-order valence-corrected chi connectivity index (χ1v) is 6.19. The summed E-state index contributed by atoms with van der Waals surface area (Å²) in [6.45, 7) is 4.86. The van der Waals surface area contributed by atoms with Gasteiger partial charge in [-0.25, -0.2) is 0 Å². The van der Waals surface area contributed by atoms with Gasteiger partial charge in [0.25, 0.3) is 0 Å². The first-order chi connectivity index (χ1) is 7.16. The highest BCUT2D eigenvalue weighted by Gasteiger charge is 2.00. The van der Waals surface area contributed by atoms with E-state index in [-0.39, 0.29) is 11.9 Å². The number of nitrogens with two attached hydrogens (primary N) is 1. The zero-order valence-electron chi connectivity index (χ0n) is 10.2. The van der Waals surface area contributed by atoms with Gasteiger partial charge in [0.1, 0.15) is 0 Å². The molecule has 1 amide bonds. The molecule has 0 rings (SSSR count). The molecule has 90 valence electrons. The largest absolute Gasteiger partial charge is 0.356 e. The third kappa shape index (κ3) is 11.4. The fraction of sp³-hybridized carbons (Fsp3) is 0.917. The third-order valence-electron chi connectivity index (χ3n) is 2.43. The Morgan fingerprint density at radius 3 is 2.53 bits per heavy atom. The Labute approximate surface area is 93.8 Å². The molecule has 0 aliphatic carbocycles. The molecule has 3 heteroatoms. The first kappa shape index (κ1) is 14.4. The summed E-state index contributed by atoms with van der Waals surface area (Å²) < 4.78 is 0. The molecule has 0 aromatic heterocycles. The Kier molecular flexibility index (Phi) is 9.59. The van der Waals surface area contributed by atoms with Gasteiger partial charge < -0.3 is 11.1 Å². The van der Waals surface area contributed by atoms with E-state index in [1.807, 2.05) is 6.92 Å². The van der Waals surface area contributed by atoms with Crippen LogP contribution in [0.1, 0.15) is 58.8 Å². The van der Waals surface area contributed by atoms with Crippen molar-refractivity contribution in [3.8, 4) is 0 Å². The fourth-order valence-corrected chi connectivity index (χ4v) is 1.42. The summed E-state index contributed by atoms with van der Waals surface area (Å²) in [4.78, 5) is 11.3. The maximum atomic E-state index is 11.3. The number of amides is 1. The van der Waals surface area contributed by atoms with E-state index in [1.165, 1.54) is 25.7 Å². The van der Waals surface area contributed by atoms with E-state index in [2.05, 4.69) is 12.2 Å². The maximum Gasteiger partial charge on any atom is 0.219 e. The average molecular weight is 214 g/mol. The molecular weight excluding hydrogens is 188 g/mol.